The highest BCUT2D eigenvalue weighted by atomic mass is 16.4. The summed E-state index contributed by atoms with van der Waals surface area (Å²) in [6.07, 6.45) is 0.923. The third-order valence-corrected chi connectivity index (χ3v) is 4.79. The van der Waals surface area contributed by atoms with Gasteiger partial charge in [0.1, 0.15) is 18.1 Å². The quantitative estimate of drug-likeness (QED) is 0.0661. The third kappa shape index (κ3) is 10.1. The number of hydrogen-bond acceptors (Lipinski definition) is 8. The summed E-state index contributed by atoms with van der Waals surface area (Å²) < 4.78 is 0. The minimum atomic E-state index is -1.52. The van der Waals surface area contributed by atoms with E-state index in [1.165, 1.54) is 0 Å². The van der Waals surface area contributed by atoms with Crippen molar-refractivity contribution in [2.45, 2.75) is 56.3 Å². The molecule has 0 spiro atoms. The molecule has 1 rings (SSSR count). The Morgan fingerprint density at radius 2 is 1.64 bits per heavy atom. The molecule has 186 valence electrons. The Hall–Kier alpha value is -3.46. The van der Waals surface area contributed by atoms with E-state index in [1.54, 1.807) is 0 Å². The molecule has 0 radical (unpaired) electrons. The molecule has 0 aromatic carbocycles. The van der Waals surface area contributed by atoms with Gasteiger partial charge in [0.05, 0.1) is 19.1 Å². The lowest BCUT2D eigenvalue weighted by atomic mass is 10.1. The fourth-order valence-electron chi connectivity index (χ4n) is 3.09. The molecule has 0 aliphatic carbocycles. The Kier molecular flexibility index (Phi) is 11.6. The van der Waals surface area contributed by atoms with Gasteiger partial charge in [-0.05, 0) is 32.2 Å². The van der Waals surface area contributed by atoms with Gasteiger partial charge in [-0.15, -0.1) is 0 Å². The van der Waals surface area contributed by atoms with E-state index in [1.807, 2.05) is 0 Å². The van der Waals surface area contributed by atoms with Gasteiger partial charge in [-0.1, -0.05) is 0 Å². The number of nitrogens with two attached hydrogens (primary N) is 3. The second-order valence-corrected chi connectivity index (χ2v) is 7.47. The molecular weight excluding hydrogens is 440 g/mol. The molecule has 1 aliphatic heterocycles. The Morgan fingerprint density at radius 3 is 2.15 bits per heavy atom. The molecule has 4 atom stereocenters. The summed E-state index contributed by atoms with van der Waals surface area (Å²) in [7, 11) is 0. The molecule has 4 unspecified atom stereocenters. The van der Waals surface area contributed by atoms with E-state index < -0.39 is 66.8 Å². The van der Waals surface area contributed by atoms with Crippen LogP contribution < -0.4 is 38.5 Å². The minimum absolute atomic E-state index is 0.0290. The number of guanidine groups is 1. The van der Waals surface area contributed by atoms with E-state index in [0.29, 0.717) is 13.0 Å². The highest BCUT2D eigenvalue weighted by Gasteiger charge is 2.31. The molecular formula is C18H32N8O7. The second-order valence-electron chi connectivity index (χ2n) is 7.47. The zero-order chi connectivity index (χ0) is 25.0. The highest BCUT2D eigenvalue weighted by Crippen LogP contribution is 2.05. The molecule has 15 nitrogen and oxygen atoms in total. The van der Waals surface area contributed by atoms with Crippen LogP contribution in [0.2, 0.25) is 0 Å². The van der Waals surface area contributed by atoms with Crippen LogP contribution in [0, 0.1) is 0 Å². The number of carboxylic acids is 1. The van der Waals surface area contributed by atoms with E-state index in [4.69, 9.17) is 17.2 Å². The number of carbonyl (C=O) groups excluding carboxylic acids is 4. The number of nitrogens with zero attached hydrogens (tertiary/aromatic N) is 1. The fraction of sp³-hybridized carbons (Fsp3) is 0.667. The molecule has 0 saturated carbocycles. The lowest BCUT2D eigenvalue weighted by Crippen LogP contribution is -2.58. The SMILES string of the molecule is NC(=O)CC(NC(=O)C(CO)NC(=O)C1CCCN1)C(=O)NC(CCCN=C(N)N)C(=O)O. The van der Waals surface area contributed by atoms with Crippen LogP contribution in [-0.2, 0) is 24.0 Å². The number of carboxylic acid groups (broad SMARTS) is 1. The lowest BCUT2D eigenvalue weighted by molar-refractivity contribution is -0.142. The molecule has 1 saturated heterocycles. The Bertz CT molecular complexity index is 750. The summed E-state index contributed by atoms with van der Waals surface area (Å²) in [5.74, 6) is -4.85. The number of aliphatic hydroxyl groups excluding tert-OH is 1. The van der Waals surface area contributed by atoms with Gasteiger partial charge in [0, 0.05) is 6.54 Å². The molecule has 4 amide bonds. The number of primary amides is 1. The summed E-state index contributed by atoms with van der Waals surface area (Å²) in [5, 5.41) is 28.6. The average molecular weight is 473 g/mol. The first-order valence-corrected chi connectivity index (χ1v) is 10.4. The zero-order valence-electron chi connectivity index (χ0n) is 18.1. The molecule has 0 aromatic heterocycles. The molecule has 0 bridgehead atoms. The first kappa shape index (κ1) is 27.6. The molecule has 0 aromatic rings. The largest absolute Gasteiger partial charge is 0.480 e. The zero-order valence-corrected chi connectivity index (χ0v) is 18.1. The molecule has 1 fully saturated rings. The van der Waals surface area contributed by atoms with E-state index in [0.717, 1.165) is 6.42 Å². The van der Waals surface area contributed by atoms with Gasteiger partial charge in [-0.25, -0.2) is 4.79 Å². The first-order valence-electron chi connectivity index (χ1n) is 10.4. The van der Waals surface area contributed by atoms with Crippen molar-refractivity contribution in [1.29, 1.82) is 0 Å². The van der Waals surface area contributed by atoms with Crippen molar-refractivity contribution in [3.05, 3.63) is 0 Å². The molecule has 1 heterocycles. The van der Waals surface area contributed by atoms with Gasteiger partial charge in [0.2, 0.25) is 23.6 Å². The normalized spacial score (nSPS) is 17.8. The molecule has 12 N–H and O–H groups in total. The summed E-state index contributed by atoms with van der Waals surface area (Å²) in [6, 6.07) is -4.77. The van der Waals surface area contributed by atoms with Gasteiger partial charge in [-0.2, -0.15) is 0 Å². The predicted molar refractivity (Wildman–Crippen MR) is 115 cm³/mol. The predicted octanol–water partition coefficient (Wildman–Crippen LogP) is -4.80. The molecule has 33 heavy (non-hydrogen) atoms. The third-order valence-electron chi connectivity index (χ3n) is 4.79. The minimum Gasteiger partial charge on any atom is -0.480 e. The number of rotatable bonds is 14. The number of carbonyl (C=O) groups is 5. The number of aliphatic carboxylic acids is 1. The molecule has 1 aliphatic rings. The summed E-state index contributed by atoms with van der Waals surface area (Å²) in [6.45, 7) is 0.0144. The Labute approximate surface area is 189 Å². The number of hydrogen-bond donors (Lipinski definition) is 9. The van der Waals surface area contributed by atoms with Crippen LogP contribution in [-0.4, -0.2) is 89.6 Å². The summed E-state index contributed by atoms with van der Waals surface area (Å²) in [4.78, 5) is 63.9. The number of aliphatic imine (C=N–C) groups is 1. The number of aliphatic hydroxyl groups is 1. The Balaban J connectivity index is 2.78. The first-order chi connectivity index (χ1) is 15.5. The smallest absolute Gasteiger partial charge is 0.326 e. The summed E-state index contributed by atoms with van der Waals surface area (Å²) >= 11 is 0. The Morgan fingerprint density at radius 1 is 1.00 bits per heavy atom. The van der Waals surface area contributed by atoms with Gasteiger partial charge < -0.3 is 48.7 Å². The van der Waals surface area contributed by atoms with Crippen molar-refractivity contribution >= 4 is 35.6 Å². The maximum Gasteiger partial charge on any atom is 0.326 e. The monoisotopic (exact) mass is 472 g/mol. The van der Waals surface area contributed by atoms with Crippen LogP contribution >= 0.6 is 0 Å². The summed E-state index contributed by atoms with van der Waals surface area (Å²) in [5.41, 5.74) is 15.5. The van der Waals surface area contributed by atoms with Crippen LogP contribution in [0.4, 0.5) is 0 Å². The second kappa shape index (κ2) is 13.8. The fourth-order valence-corrected chi connectivity index (χ4v) is 3.09. The van der Waals surface area contributed by atoms with Crippen molar-refractivity contribution in [2.75, 3.05) is 19.7 Å². The van der Waals surface area contributed by atoms with Crippen molar-refractivity contribution < 1.29 is 34.2 Å². The maximum absolute atomic E-state index is 12.6. The van der Waals surface area contributed by atoms with E-state index >= 15 is 0 Å². The standard InChI is InChI=1S/C18H32N8O7/c19-13(28)7-11(15(30)24-10(17(32)33)4-2-6-23-18(20)21)25-16(31)12(8-27)26-14(29)9-3-1-5-22-9/h9-12,22,27H,1-8H2,(H2,19,28)(H,24,30)(H,25,31)(H,26,29)(H,32,33)(H4,20,21,23). The van der Waals surface area contributed by atoms with Gasteiger partial charge in [0.15, 0.2) is 5.96 Å². The number of amides is 4. The number of nitrogens with one attached hydrogen (secondary N) is 4. The van der Waals surface area contributed by atoms with Gasteiger partial charge in [0.25, 0.3) is 0 Å². The highest BCUT2D eigenvalue weighted by molar-refractivity contribution is 5.96. The van der Waals surface area contributed by atoms with Crippen LogP contribution in [0.25, 0.3) is 0 Å². The van der Waals surface area contributed by atoms with Crippen LogP contribution in [0.5, 0.6) is 0 Å². The molecule has 15 heteroatoms. The van der Waals surface area contributed by atoms with Crippen molar-refractivity contribution in [2.24, 2.45) is 22.2 Å². The van der Waals surface area contributed by atoms with Gasteiger partial charge >= 0.3 is 5.97 Å². The van der Waals surface area contributed by atoms with Gasteiger partial charge in [-0.3, -0.25) is 24.2 Å². The van der Waals surface area contributed by atoms with Crippen molar-refractivity contribution in [1.82, 2.24) is 21.3 Å². The topological polar surface area (TPSA) is 264 Å². The van der Waals surface area contributed by atoms with Crippen LogP contribution in [0.3, 0.4) is 0 Å². The maximum atomic E-state index is 12.6. The van der Waals surface area contributed by atoms with Crippen LogP contribution in [0.1, 0.15) is 32.1 Å². The lowest BCUT2D eigenvalue weighted by Gasteiger charge is -2.23. The van der Waals surface area contributed by atoms with E-state index in [2.05, 4.69) is 26.3 Å². The van der Waals surface area contributed by atoms with E-state index in [-0.39, 0.29) is 25.3 Å². The van der Waals surface area contributed by atoms with Crippen molar-refractivity contribution in [3.63, 3.8) is 0 Å². The van der Waals surface area contributed by atoms with E-state index in [9.17, 15) is 34.2 Å². The van der Waals surface area contributed by atoms with Crippen LogP contribution in [0.15, 0.2) is 4.99 Å². The van der Waals surface area contributed by atoms with Crippen molar-refractivity contribution in [3.8, 4) is 0 Å². The average Bonchev–Trinajstić information content (AvgIpc) is 3.27.